The number of nitrogens with zero attached hydrogens (tertiary/aromatic N) is 5. The van der Waals surface area contributed by atoms with Gasteiger partial charge in [0, 0.05) is 56.1 Å². The standard InChI is InChI=1S/C30H35N7O2/c1-35-11-13-36(14-12-35)30(38)32-17-22-15-23(16-22)37-18-25(27-28(31)33-20-34-29(27)37)24-9-5-6-10-26(24)39-19-21-7-3-2-4-8-21/h2-10,18,20,22-23H,11-17,19H2,1H3,(H,32,38)(H2,31,33,34). The molecule has 0 atom stereocenters. The van der Waals surface area contributed by atoms with Gasteiger partial charge in [-0.15, -0.1) is 0 Å². The van der Waals surface area contributed by atoms with Crippen LogP contribution in [0.5, 0.6) is 5.75 Å². The van der Waals surface area contributed by atoms with Crippen LogP contribution < -0.4 is 15.8 Å². The number of nitrogens with one attached hydrogen (secondary N) is 1. The van der Waals surface area contributed by atoms with Crippen LogP contribution in [0.1, 0.15) is 24.4 Å². The van der Waals surface area contributed by atoms with Crippen molar-refractivity contribution in [3.05, 3.63) is 72.7 Å². The first-order valence-corrected chi connectivity index (χ1v) is 13.7. The summed E-state index contributed by atoms with van der Waals surface area (Å²) in [6.45, 7) is 4.59. The number of carbonyl (C=O) groups is 1. The molecule has 1 saturated carbocycles. The average molecular weight is 526 g/mol. The number of nitrogen functional groups attached to an aromatic ring is 1. The van der Waals surface area contributed by atoms with Gasteiger partial charge in [-0.1, -0.05) is 48.5 Å². The molecule has 3 N–H and O–H groups in total. The number of benzene rings is 2. The molecule has 0 spiro atoms. The number of rotatable bonds is 7. The van der Waals surface area contributed by atoms with E-state index in [0.29, 0.717) is 30.9 Å². The summed E-state index contributed by atoms with van der Waals surface area (Å²) in [5.41, 5.74) is 10.3. The van der Waals surface area contributed by atoms with Crippen molar-refractivity contribution in [1.29, 1.82) is 0 Å². The van der Waals surface area contributed by atoms with Crippen LogP contribution in [-0.4, -0.2) is 70.1 Å². The fraction of sp³-hybridized carbons (Fsp3) is 0.367. The Morgan fingerprint density at radius 2 is 1.74 bits per heavy atom. The van der Waals surface area contributed by atoms with Crippen LogP contribution in [0, 0.1) is 5.92 Å². The van der Waals surface area contributed by atoms with Crippen LogP contribution >= 0.6 is 0 Å². The Balaban J connectivity index is 1.18. The number of piperazine rings is 1. The van der Waals surface area contributed by atoms with Crippen molar-refractivity contribution in [2.75, 3.05) is 45.5 Å². The van der Waals surface area contributed by atoms with Crippen molar-refractivity contribution < 1.29 is 9.53 Å². The van der Waals surface area contributed by atoms with Crippen LogP contribution in [0.25, 0.3) is 22.2 Å². The number of para-hydroxylation sites is 1. The highest BCUT2D eigenvalue weighted by atomic mass is 16.5. The Labute approximate surface area is 228 Å². The lowest BCUT2D eigenvalue weighted by atomic mass is 9.80. The maximum absolute atomic E-state index is 12.6. The second kappa shape index (κ2) is 10.9. The van der Waals surface area contributed by atoms with E-state index in [2.05, 4.69) is 56.2 Å². The van der Waals surface area contributed by atoms with E-state index < -0.39 is 0 Å². The van der Waals surface area contributed by atoms with Crippen LogP contribution in [0.2, 0.25) is 0 Å². The van der Waals surface area contributed by atoms with Crippen LogP contribution in [0.15, 0.2) is 67.1 Å². The molecule has 2 amide bonds. The van der Waals surface area contributed by atoms with Crippen LogP contribution in [0.3, 0.4) is 0 Å². The number of nitrogens with two attached hydrogens (primary N) is 1. The first kappa shape index (κ1) is 25.2. The highest BCUT2D eigenvalue weighted by molar-refractivity contribution is 6.01. The van der Waals surface area contributed by atoms with Gasteiger partial charge in [-0.3, -0.25) is 0 Å². The lowest BCUT2D eigenvalue weighted by Crippen LogP contribution is -2.51. The minimum absolute atomic E-state index is 0.0490. The van der Waals surface area contributed by atoms with Crippen molar-refractivity contribution in [2.24, 2.45) is 5.92 Å². The summed E-state index contributed by atoms with van der Waals surface area (Å²) in [5.74, 6) is 1.69. The fourth-order valence-electron chi connectivity index (χ4n) is 5.59. The summed E-state index contributed by atoms with van der Waals surface area (Å²) in [6.07, 6.45) is 5.62. The summed E-state index contributed by atoms with van der Waals surface area (Å²) >= 11 is 0. The Morgan fingerprint density at radius 1 is 1.00 bits per heavy atom. The number of likely N-dealkylation sites (N-methyl/N-ethyl adjacent to an activating group) is 1. The third kappa shape index (κ3) is 5.27. The van der Waals surface area contributed by atoms with Gasteiger partial charge in [0.2, 0.25) is 0 Å². The number of carbonyl (C=O) groups excluding carboxylic acids is 1. The SMILES string of the molecule is CN1CCN(C(=O)NCC2CC(n3cc(-c4ccccc4OCc4ccccc4)c4c(N)ncnc43)C2)CC1. The first-order chi connectivity index (χ1) is 19.1. The molecule has 0 radical (unpaired) electrons. The van der Waals surface area contributed by atoms with Crippen molar-refractivity contribution in [3.63, 3.8) is 0 Å². The molecule has 2 fully saturated rings. The quantitative estimate of drug-likeness (QED) is 0.376. The highest BCUT2D eigenvalue weighted by Crippen LogP contribution is 2.44. The zero-order chi connectivity index (χ0) is 26.8. The summed E-state index contributed by atoms with van der Waals surface area (Å²) < 4.78 is 8.50. The van der Waals surface area contributed by atoms with Gasteiger partial charge in [-0.2, -0.15) is 0 Å². The number of hydrogen-bond acceptors (Lipinski definition) is 6. The molecule has 0 bridgehead atoms. The molecular weight excluding hydrogens is 490 g/mol. The van der Waals surface area contributed by atoms with Gasteiger partial charge in [0.05, 0.1) is 5.39 Å². The summed E-state index contributed by atoms with van der Waals surface area (Å²) in [6, 6.07) is 18.5. The van der Waals surface area contributed by atoms with Gasteiger partial charge in [0.15, 0.2) is 0 Å². The van der Waals surface area contributed by atoms with Crippen molar-refractivity contribution in [2.45, 2.75) is 25.5 Å². The van der Waals surface area contributed by atoms with E-state index in [0.717, 1.165) is 72.5 Å². The summed E-state index contributed by atoms with van der Waals surface area (Å²) in [5, 5.41) is 4.00. The molecule has 1 saturated heterocycles. The Kier molecular flexibility index (Phi) is 7.06. The maximum Gasteiger partial charge on any atom is 0.317 e. The zero-order valence-electron chi connectivity index (χ0n) is 22.3. The molecule has 202 valence electrons. The van der Waals surface area contributed by atoms with Crippen molar-refractivity contribution >= 4 is 22.9 Å². The van der Waals surface area contributed by atoms with Crippen LogP contribution in [0.4, 0.5) is 10.6 Å². The van der Waals surface area contributed by atoms with E-state index in [1.165, 1.54) is 6.33 Å². The number of amides is 2. The lowest BCUT2D eigenvalue weighted by molar-refractivity contribution is 0.146. The molecule has 1 aliphatic carbocycles. The van der Waals surface area contributed by atoms with Gasteiger partial charge >= 0.3 is 6.03 Å². The highest BCUT2D eigenvalue weighted by Gasteiger charge is 2.33. The molecule has 9 nitrogen and oxygen atoms in total. The topological polar surface area (TPSA) is 102 Å². The maximum atomic E-state index is 12.6. The number of hydrogen-bond donors (Lipinski definition) is 2. The lowest BCUT2D eigenvalue weighted by Gasteiger charge is -2.38. The smallest absolute Gasteiger partial charge is 0.317 e. The van der Waals surface area contributed by atoms with E-state index in [9.17, 15) is 4.79 Å². The van der Waals surface area contributed by atoms with Crippen LogP contribution in [-0.2, 0) is 6.61 Å². The minimum atomic E-state index is 0.0490. The Morgan fingerprint density at radius 3 is 2.54 bits per heavy atom. The molecule has 2 aliphatic rings. The molecule has 9 heteroatoms. The normalized spacial score (nSPS) is 19.6. The molecule has 6 rings (SSSR count). The molecule has 2 aromatic heterocycles. The van der Waals surface area contributed by atoms with E-state index in [1.807, 2.05) is 41.3 Å². The second-order valence-electron chi connectivity index (χ2n) is 10.6. The summed E-state index contributed by atoms with van der Waals surface area (Å²) in [7, 11) is 2.09. The predicted molar refractivity (Wildman–Crippen MR) is 152 cm³/mol. The third-order valence-corrected chi connectivity index (χ3v) is 7.99. The van der Waals surface area contributed by atoms with E-state index >= 15 is 0 Å². The number of aromatic nitrogens is 3. The number of anilines is 1. The van der Waals surface area contributed by atoms with Gasteiger partial charge < -0.3 is 30.2 Å². The number of ether oxygens (including phenoxy) is 1. The zero-order valence-corrected chi connectivity index (χ0v) is 22.3. The predicted octanol–water partition coefficient (Wildman–Crippen LogP) is 4.17. The molecular formula is C30H35N7O2. The minimum Gasteiger partial charge on any atom is -0.488 e. The fourth-order valence-corrected chi connectivity index (χ4v) is 5.59. The van der Waals surface area contributed by atoms with Gasteiger partial charge in [0.1, 0.15) is 30.1 Å². The number of fused-ring (bicyclic) bond motifs is 1. The van der Waals surface area contributed by atoms with E-state index in [1.54, 1.807) is 0 Å². The average Bonchev–Trinajstić information content (AvgIpc) is 3.32. The van der Waals surface area contributed by atoms with Gasteiger partial charge in [-0.25, -0.2) is 14.8 Å². The molecule has 2 aromatic carbocycles. The Hall–Kier alpha value is -4.11. The summed E-state index contributed by atoms with van der Waals surface area (Å²) in [4.78, 5) is 25.7. The molecule has 3 heterocycles. The van der Waals surface area contributed by atoms with Gasteiger partial charge in [0.25, 0.3) is 0 Å². The molecule has 1 aliphatic heterocycles. The number of urea groups is 1. The Bertz CT molecular complexity index is 1440. The van der Waals surface area contributed by atoms with E-state index in [-0.39, 0.29) is 6.03 Å². The largest absolute Gasteiger partial charge is 0.488 e. The third-order valence-electron chi connectivity index (χ3n) is 7.99. The monoisotopic (exact) mass is 525 g/mol. The molecule has 0 unspecified atom stereocenters. The second-order valence-corrected chi connectivity index (χ2v) is 10.6. The molecule has 4 aromatic rings. The van der Waals surface area contributed by atoms with Gasteiger partial charge in [-0.05, 0) is 37.4 Å². The van der Waals surface area contributed by atoms with E-state index in [4.69, 9.17) is 10.5 Å². The van der Waals surface area contributed by atoms with Crippen molar-refractivity contribution in [1.82, 2.24) is 29.7 Å². The first-order valence-electron chi connectivity index (χ1n) is 13.7. The van der Waals surface area contributed by atoms with Crippen molar-refractivity contribution in [3.8, 4) is 16.9 Å². The molecule has 39 heavy (non-hydrogen) atoms.